The molecule has 0 bridgehead atoms. The fraction of sp³-hybridized carbons (Fsp3) is 0.100. The normalized spacial score (nSPS) is 16.1. The minimum atomic E-state index is -0.443. The van der Waals surface area contributed by atoms with Crippen LogP contribution < -0.4 is 4.74 Å². The molecule has 120 valence electrons. The number of aliphatic imine (C=N–C) groups is 1. The molecular formula is C20H17NO3. The third kappa shape index (κ3) is 3.60. The summed E-state index contributed by atoms with van der Waals surface area (Å²) in [4.78, 5) is 16.3. The van der Waals surface area contributed by atoms with E-state index in [9.17, 15) is 4.79 Å². The molecule has 0 amide bonds. The second-order valence-corrected chi connectivity index (χ2v) is 5.36. The van der Waals surface area contributed by atoms with Gasteiger partial charge in [0.15, 0.2) is 5.70 Å². The Morgan fingerprint density at radius 3 is 2.46 bits per heavy atom. The second-order valence-electron chi connectivity index (χ2n) is 5.36. The summed E-state index contributed by atoms with van der Waals surface area (Å²) in [6, 6.07) is 17.1. The van der Waals surface area contributed by atoms with E-state index in [-0.39, 0.29) is 0 Å². The summed E-state index contributed by atoms with van der Waals surface area (Å²) in [5.41, 5.74) is 3.02. The Kier molecular flexibility index (Phi) is 4.57. The van der Waals surface area contributed by atoms with Crippen LogP contribution in [0.2, 0.25) is 0 Å². The molecule has 0 saturated carbocycles. The first-order valence-corrected chi connectivity index (χ1v) is 7.56. The van der Waals surface area contributed by atoms with Gasteiger partial charge in [-0.05, 0) is 48.4 Å². The van der Waals surface area contributed by atoms with Crippen molar-refractivity contribution in [1.82, 2.24) is 0 Å². The third-order valence-corrected chi connectivity index (χ3v) is 3.52. The van der Waals surface area contributed by atoms with Crippen LogP contribution in [0, 0.1) is 0 Å². The van der Waals surface area contributed by atoms with Crippen LogP contribution in [-0.2, 0) is 9.53 Å². The molecule has 3 rings (SSSR count). The van der Waals surface area contributed by atoms with Crippen molar-refractivity contribution in [2.75, 3.05) is 7.11 Å². The molecule has 1 aliphatic heterocycles. The van der Waals surface area contributed by atoms with Gasteiger partial charge in [0, 0.05) is 5.56 Å². The smallest absolute Gasteiger partial charge is 0.363 e. The number of hydrogen-bond donors (Lipinski definition) is 0. The van der Waals surface area contributed by atoms with E-state index in [0.717, 1.165) is 22.4 Å². The number of allylic oxidation sites excluding steroid dienone is 2. The zero-order chi connectivity index (χ0) is 16.9. The average Bonchev–Trinajstić information content (AvgIpc) is 2.96. The Bertz CT molecular complexity index is 831. The van der Waals surface area contributed by atoms with E-state index < -0.39 is 5.97 Å². The Balaban J connectivity index is 1.84. The Labute approximate surface area is 140 Å². The summed E-state index contributed by atoms with van der Waals surface area (Å²) >= 11 is 0. The van der Waals surface area contributed by atoms with Gasteiger partial charge in [0.2, 0.25) is 5.90 Å². The van der Waals surface area contributed by atoms with E-state index >= 15 is 0 Å². The molecule has 0 radical (unpaired) electrons. The van der Waals surface area contributed by atoms with E-state index in [2.05, 4.69) is 4.99 Å². The SMILES string of the molecule is COc1ccc(C2=N/C(=C/C(C)=C\c3ccccc3)C(=O)O2)cc1. The first-order chi connectivity index (χ1) is 11.7. The fourth-order valence-corrected chi connectivity index (χ4v) is 2.34. The number of methoxy groups -OCH3 is 1. The number of ether oxygens (including phenoxy) is 2. The van der Waals surface area contributed by atoms with Gasteiger partial charge in [0.1, 0.15) is 5.75 Å². The number of hydrogen-bond acceptors (Lipinski definition) is 4. The Morgan fingerprint density at radius 2 is 1.79 bits per heavy atom. The number of esters is 1. The molecule has 4 nitrogen and oxygen atoms in total. The number of carbonyl (C=O) groups excluding carboxylic acids is 1. The molecule has 0 spiro atoms. The maximum absolute atomic E-state index is 12.0. The van der Waals surface area contributed by atoms with Crippen molar-refractivity contribution in [3.63, 3.8) is 0 Å². The third-order valence-electron chi connectivity index (χ3n) is 3.52. The van der Waals surface area contributed by atoms with Gasteiger partial charge in [0.05, 0.1) is 7.11 Å². The van der Waals surface area contributed by atoms with E-state index in [0.29, 0.717) is 11.6 Å². The molecule has 0 atom stereocenters. The largest absolute Gasteiger partial charge is 0.497 e. The van der Waals surface area contributed by atoms with Crippen molar-refractivity contribution in [3.8, 4) is 5.75 Å². The summed E-state index contributed by atoms with van der Waals surface area (Å²) in [5, 5.41) is 0. The molecular weight excluding hydrogens is 302 g/mol. The number of benzene rings is 2. The van der Waals surface area contributed by atoms with E-state index in [1.807, 2.05) is 43.3 Å². The highest BCUT2D eigenvalue weighted by Gasteiger charge is 2.24. The fourth-order valence-electron chi connectivity index (χ4n) is 2.34. The van der Waals surface area contributed by atoms with E-state index in [1.165, 1.54) is 0 Å². The molecule has 0 aromatic heterocycles. The zero-order valence-corrected chi connectivity index (χ0v) is 13.5. The molecule has 4 heteroatoms. The minimum Gasteiger partial charge on any atom is -0.497 e. The lowest BCUT2D eigenvalue weighted by Gasteiger charge is -2.01. The van der Waals surface area contributed by atoms with Crippen LogP contribution in [0.4, 0.5) is 0 Å². The molecule has 0 saturated heterocycles. The lowest BCUT2D eigenvalue weighted by Crippen LogP contribution is -2.05. The predicted molar refractivity (Wildman–Crippen MR) is 93.8 cm³/mol. The first-order valence-electron chi connectivity index (χ1n) is 7.56. The van der Waals surface area contributed by atoms with Crippen molar-refractivity contribution in [2.24, 2.45) is 4.99 Å². The highest BCUT2D eigenvalue weighted by Crippen LogP contribution is 2.20. The van der Waals surface area contributed by atoms with Crippen molar-refractivity contribution in [1.29, 1.82) is 0 Å². The van der Waals surface area contributed by atoms with Crippen LogP contribution in [0.3, 0.4) is 0 Å². The van der Waals surface area contributed by atoms with Crippen molar-refractivity contribution in [3.05, 3.63) is 83.1 Å². The van der Waals surface area contributed by atoms with Crippen molar-refractivity contribution < 1.29 is 14.3 Å². The van der Waals surface area contributed by atoms with E-state index in [4.69, 9.17) is 9.47 Å². The molecule has 0 unspecified atom stereocenters. The molecule has 2 aromatic carbocycles. The van der Waals surface area contributed by atoms with Gasteiger partial charge in [-0.15, -0.1) is 0 Å². The standard InChI is InChI=1S/C20H17NO3/c1-14(12-15-6-4-3-5-7-15)13-18-20(22)24-19(21-18)16-8-10-17(23-2)11-9-16/h3-13H,1-2H3/b14-12-,18-13+. The number of nitrogens with zero attached hydrogens (tertiary/aromatic N) is 1. The molecule has 0 aliphatic carbocycles. The molecule has 1 aliphatic rings. The lowest BCUT2D eigenvalue weighted by atomic mass is 10.1. The van der Waals surface area contributed by atoms with Crippen LogP contribution in [-0.4, -0.2) is 19.0 Å². The Hall–Kier alpha value is -3.14. The summed E-state index contributed by atoms with van der Waals surface area (Å²) < 4.78 is 10.4. The predicted octanol–water partition coefficient (Wildman–Crippen LogP) is 3.99. The van der Waals surface area contributed by atoms with Crippen LogP contribution >= 0.6 is 0 Å². The number of cyclic esters (lactones) is 1. The van der Waals surface area contributed by atoms with Crippen LogP contribution in [0.15, 0.2) is 76.9 Å². The quantitative estimate of drug-likeness (QED) is 0.632. The molecule has 2 aromatic rings. The summed E-state index contributed by atoms with van der Waals surface area (Å²) in [6.45, 7) is 1.92. The molecule has 0 fully saturated rings. The van der Waals surface area contributed by atoms with Crippen LogP contribution in [0.25, 0.3) is 6.08 Å². The summed E-state index contributed by atoms with van der Waals surface area (Å²) in [5.74, 6) is 0.601. The number of carbonyl (C=O) groups is 1. The number of rotatable bonds is 4. The van der Waals surface area contributed by atoms with Crippen molar-refractivity contribution in [2.45, 2.75) is 6.92 Å². The zero-order valence-electron chi connectivity index (χ0n) is 13.5. The minimum absolute atomic E-state index is 0.297. The first kappa shape index (κ1) is 15.7. The lowest BCUT2D eigenvalue weighted by molar-refractivity contribution is -0.130. The van der Waals surface area contributed by atoms with Gasteiger partial charge < -0.3 is 9.47 Å². The highest BCUT2D eigenvalue weighted by molar-refractivity contribution is 6.11. The van der Waals surface area contributed by atoms with Gasteiger partial charge in [-0.25, -0.2) is 9.79 Å². The van der Waals surface area contributed by atoms with Gasteiger partial charge in [-0.2, -0.15) is 0 Å². The van der Waals surface area contributed by atoms with Crippen LogP contribution in [0.1, 0.15) is 18.1 Å². The maximum Gasteiger partial charge on any atom is 0.363 e. The van der Waals surface area contributed by atoms with Gasteiger partial charge in [-0.1, -0.05) is 36.4 Å². The monoisotopic (exact) mass is 319 g/mol. The Morgan fingerprint density at radius 1 is 1.08 bits per heavy atom. The average molecular weight is 319 g/mol. The molecule has 24 heavy (non-hydrogen) atoms. The van der Waals surface area contributed by atoms with Gasteiger partial charge in [-0.3, -0.25) is 0 Å². The molecule has 0 N–H and O–H groups in total. The van der Waals surface area contributed by atoms with Gasteiger partial charge >= 0.3 is 5.97 Å². The topological polar surface area (TPSA) is 47.9 Å². The van der Waals surface area contributed by atoms with Gasteiger partial charge in [0.25, 0.3) is 0 Å². The summed E-state index contributed by atoms with van der Waals surface area (Å²) in [6.07, 6.45) is 3.72. The molecule has 1 heterocycles. The highest BCUT2D eigenvalue weighted by atomic mass is 16.6. The van der Waals surface area contributed by atoms with Crippen LogP contribution in [0.5, 0.6) is 5.75 Å². The van der Waals surface area contributed by atoms with E-state index in [1.54, 1.807) is 37.5 Å². The second kappa shape index (κ2) is 6.96. The van der Waals surface area contributed by atoms with Crippen molar-refractivity contribution >= 4 is 17.9 Å². The summed E-state index contributed by atoms with van der Waals surface area (Å²) in [7, 11) is 1.60. The maximum atomic E-state index is 12.0.